The second-order valence-electron chi connectivity index (χ2n) is 24.8. The van der Waals surface area contributed by atoms with Crippen LogP contribution in [0.3, 0.4) is 0 Å². The fraction of sp³-hybridized carbons (Fsp3) is 0.956. The van der Waals surface area contributed by atoms with Gasteiger partial charge in [-0.1, -0.05) is 347 Å². The molecule has 81 heavy (non-hydrogen) atoms. The molecule has 1 aliphatic rings. The van der Waals surface area contributed by atoms with Crippen molar-refractivity contribution in [2.45, 2.75) is 403 Å². The second kappa shape index (κ2) is 57.9. The molecule has 0 bridgehead atoms. The topological polar surface area (TPSA) is 192 Å². The number of amides is 1. The van der Waals surface area contributed by atoms with E-state index in [4.69, 9.17) is 9.47 Å². The molecule has 0 aliphatic carbocycles. The Morgan fingerprint density at radius 3 is 1.07 bits per heavy atom. The molecule has 1 fully saturated rings. The predicted octanol–water partition coefficient (Wildman–Crippen LogP) is 18.1. The number of ether oxygens (including phenoxy) is 2. The van der Waals surface area contributed by atoms with Crippen molar-refractivity contribution in [2.24, 2.45) is 0 Å². The highest BCUT2D eigenvalue weighted by molar-refractivity contribution is 7.80. The van der Waals surface area contributed by atoms with Gasteiger partial charge in [-0.05, 0) is 19.3 Å². The first-order chi connectivity index (χ1) is 39.5. The highest BCUT2D eigenvalue weighted by Gasteiger charge is 2.48. The molecule has 1 heterocycles. The summed E-state index contributed by atoms with van der Waals surface area (Å²) in [6.45, 7) is 3.47. The molecule has 1 rings (SSSR count). The van der Waals surface area contributed by atoms with Gasteiger partial charge in [-0.15, -0.1) is 0 Å². The van der Waals surface area contributed by atoms with Crippen molar-refractivity contribution in [3.05, 3.63) is 12.2 Å². The summed E-state index contributed by atoms with van der Waals surface area (Å²) >= 11 is 0. The predicted molar refractivity (Wildman–Crippen MR) is 338 cm³/mol. The highest BCUT2D eigenvalue weighted by atomic mass is 32.3. The maximum absolute atomic E-state index is 13.2. The number of carbonyl (C=O) groups excluding carboxylic acids is 1. The van der Waals surface area contributed by atoms with Gasteiger partial charge in [-0.3, -0.25) is 9.35 Å². The van der Waals surface area contributed by atoms with Crippen LogP contribution in [0.25, 0.3) is 0 Å². The molecule has 7 unspecified atom stereocenters. The number of carbonyl (C=O) groups is 1. The molecule has 0 aromatic heterocycles. The minimum Gasteiger partial charge on any atom is -0.394 e. The molecule has 482 valence electrons. The van der Waals surface area contributed by atoms with Crippen LogP contribution in [0.15, 0.2) is 12.2 Å². The van der Waals surface area contributed by atoms with Crippen LogP contribution in [-0.4, -0.2) is 95.4 Å². The van der Waals surface area contributed by atoms with E-state index < -0.39 is 59.9 Å². The fourth-order valence-electron chi connectivity index (χ4n) is 11.7. The second-order valence-corrected chi connectivity index (χ2v) is 25.9. The van der Waals surface area contributed by atoms with Crippen LogP contribution in [0.1, 0.15) is 361 Å². The van der Waals surface area contributed by atoms with Crippen molar-refractivity contribution < 1.29 is 51.8 Å². The average Bonchev–Trinajstić information content (AvgIpc) is 3.51. The van der Waals surface area contributed by atoms with E-state index in [0.29, 0.717) is 6.42 Å². The average molecular weight is 1170 g/mol. The van der Waals surface area contributed by atoms with E-state index in [-0.39, 0.29) is 18.9 Å². The van der Waals surface area contributed by atoms with Crippen LogP contribution in [0.4, 0.5) is 0 Å². The first kappa shape index (κ1) is 77.9. The lowest BCUT2D eigenvalue weighted by Crippen LogP contribution is -2.61. The maximum atomic E-state index is 13.2. The molecule has 1 aliphatic heterocycles. The van der Waals surface area contributed by atoms with Gasteiger partial charge in [0, 0.05) is 6.42 Å². The molecule has 0 saturated carbocycles. The number of aliphatic hydroxyl groups excluding tert-OH is 4. The van der Waals surface area contributed by atoms with Crippen molar-refractivity contribution in [2.75, 3.05) is 13.2 Å². The number of aliphatic hydroxyl groups is 4. The Kier molecular flexibility index (Phi) is 55.6. The first-order valence-corrected chi connectivity index (χ1v) is 36.4. The third-order valence-corrected chi connectivity index (χ3v) is 17.5. The number of rotatable bonds is 63. The van der Waals surface area contributed by atoms with Crippen molar-refractivity contribution >= 4 is 16.3 Å². The third kappa shape index (κ3) is 49.6. The van der Waals surface area contributed by atoms with E-state index in [1.54, 1.807) is 6.08 Å². The van der Waals surface area contributed by atoms with Gasteiger partial charge in [0.2, 0.25) is 5.91 Å². The van der Waals surface area contributed by atoms with Gasteiger partial charge in [0.05, 0.1) is 25.4 Å². The van der Waals surface area contributed by atoms with Gasteiger partial charge >= 0.3 is 10.4 Å². The van der Waals surface area contributed by atoms with Gasteiger partial charge in [0.25, 0.3) is 0 Å². The number of nitrogens with one attached hydrogen (secondary N) is 1. The Morgan fingerprint density at radius 1 is 0.481 bits per heavy atom. The van der Waals surface area contributed by atoms with Crippen molar-refractivity contribution in [1.82, 2.24) is 5.32 Å². The van der Waals surface area contributed by atoms with Crippen LogP contribution >= 0.6 is 0 Å². The minimum atomic E-state index is -5.09. The van der Waals surface area contributed by atoms with Crippen LogP contribution in [0.5, 0.6) is 0 Å². The van der Waals surface area contributed by atoms with Crippen molar-refractivity contribution in [1.29, 1.82) is 0 Å². The summed E-state index contributed by atoms with van der Waals surface area (Å²) in [5.41, 5.74) is 0. The molecule has 1 saturated heterocycles. The lowest BCUT2D eigenvalue weighted by molar-refractivity contribution is -0.298. The minimum absolute atomic E-state index is 0.253. The van der Waals surface area contributed by atoms with E-state index in [1.165, 1.54) is 295 Å². The standard InChI is InChI=1S/C68H133NO11S/c1-3-5-7-9-11-13-15-17-19-21-23-25-26-27-28-29-30-31-32-33-34-35-36-38-40-42-44-46-48-50-52-54-56-58-64(72)69-61(60-78-68-66(74)67(80-81(75,76)77)65(73)63(59-70)79-68)62(71)57-55-53-51-49-47-45-43-41-39-37-24-22-20-18-16-14-12-10-8-6-4-2/h55,57,61-63,65-68,70-71,73-74H,3-54,56,58-60H2,1-2H3,(H,69,72)(H,75,76,77)/b57-55+. The number of allylic oxidation sites excluding steroid dienone is 1. The molecule has 1 amide bonds. The molecule has 0 spiro atoms. The molecular weight excluding hydrogens is 1040 g/mol. The van der Waals surface area contributed by atoms with Gasteiger partial charge in [0.15, 0.2) is 6.29 Å². The molecule has 13 heteroatoms. The Morgan fingerprint density at radius 2 is 0.778 bits per heavy atom. The largest absolute Gasteiger partial charge is 0.397 e. The number of hydrogen-bond donors (Lipinski definition) is 6. The zero-order valence-corrected chi connectivity index (χ0v) is 53.7. The van der Waals surface area contributed by atoms with E-state index in [9.17, 15) is 38.2 Å². The summed E-state index contributed by atoms with van der Waals surface area (Å²) in [5.74, 6) is -0.253. The van der Waals surface area contributed by atoms with Gasteiger partial charge < -0.3 is 35.2 Å². The lowest BCUT2D eigenvalue weighted by Gasteiger charge is -2.41. The number of hydrogen-bond acceptors (Lipinski definition) is 10. The summed E-state index contributed by atoms with van der Waals surface area (Å²) in [7, 11) is -5.09. The van der Waals surface area contributed by atoms with Crippen LogP contribution < -0.4 is 5.32 Å². The van der Waals surface area contributed by atoms with Gasteiger partial charge in [-0.2, -0.15) is 8.42 Å². The molecular formula is C68H133NO11S. The summed E-state index contributed by atoms with van der Waals surface area (Å²) in [5, 5.41) is 45.1. The van der Waals surface area contributed by atoms with Crippen LogP contribution in [-0.2, 0) is 28.9 Å². The van der Waals surface area contributed by atoms with Crippen LogP contribution in [0, 0.1) is 0 Å². The van der Waals surface area contributed by atoms with Crippen molar-refractivity contribution in [3.63, 3.8) is 0 Å². The summed E-state index contributed by atoms with van der Waals surface area (Å²) in [6, 6.07) is -0.941. The van der Waals surface area contributed by atoms with E-state index in [0.717, 1.165) is 38.5 Å². The first-order valence-electron chi connectivity index (χ1n) is 35.1. The molecule has 0 radical (unpaired) electrons. The highest BCUT2D eigenvalue weighted by Crippen LogP contribution is 2.26. The third-order valence-electron chi connectivity index (χ3n) is 17.1. The lowest BCUT2D eigenvalue weighted by atomic mass is 9.99. The van der Waals surface area contributed by atoms with E-state index in [1.807, 2.05) is 6.08 Å². The Hall–Kier alpha value is -1.16. The smallest absolute Gasteiger partial charge is 0.394 e. The Bertz CT molecular complexity index is 1470. The number of unbranched alkanes of at least 4 members (excludes halogenated alkanes) is 51. The molecule has 6 N–H and O–H groups in total. The van der Waals surface area contributed by atoms with Gasteiger partial charge in [0.1, 0.15) is 24.4 Å². The Balaban J connectivity index is 2.21. The maximum Gasteiger partial charge on any atom is 0.397 e. The SMILES string of the molecule is CCCCCCCCCCCCCCCCCCCCC/C=C/C(O)C(COC1OC(CO)C(O)C(OS(=O)(=O)O)C1O)NC(=O)CCCCCCCCCCCCCCCCCCCCCCCCCCCCCCCCCCC. The summed E-state index contributed by atoms with van der Waals surface area (Å²) in [6.07, 6.45) is 64.4. The molecule has 0 aromatic rings. The summed E-state index contributed by atoms with van der Waals surface area (Å²) < 4.78 is 48.0. The van der Waals surface area contributed by atoms with Crippen molar-refractivity contribution in [3.8, 4) is 0 Å². The Labute approximate surface area is 500 Å². The van der Waals surface area contributed by atoms with Gasteiger partial charge in [-0.25, -0.2) is 4.18 Å². The van der Waals surface area contributed by atoms with Crippen LogP contribution in [0.2, 0.25) is 0 Å². The molecule has 7 atom stereocenters. The zero-order chi connectivity index (χ0) is 59.0. The fourth-order valence-corrected chi connectivity index (χ4v) is 12.2. The monoisotopic (exact) mass is 1170 g/mol. The van der Waals surface area contributed by atoms with E-state index in [2.05, 4.69) is 23.3 Å². The van der Waals surface area contributed by atoms with E-state index >= 15 is 0 Å². The summed E-state index contributed by atoms with van der Waals surface area (Å²) in [4.78, 5) is 13.2. The zero-order valence-electron chi connectivity index (χ0n) is 52.9. The quantitative estimate of drug-likeness (QED) is 0.0193. The normalized spacial score (nSPS) is 18.5. The molecule has 12 nitrogen and oxygen atoms in total. The molecule has 0 aromatic carbocycles.